The smallest absolute Gasteiger partial charge is 0.0607 e. The van der Waals surface area contributed by atoms with Crippen molar-refractivity contribution in [3.63, 3.8) is 0 Å². The molecule has 3 nitrogen and oxygen atoms in total. The molecule has 3 heteroatoms. The van der Waals surface area contributed by atoms with Crippen LogP contribution in [0.3, 0.4) is 0 Å². The van der Waals surface area contributed by atoms with Crippen LogP contribution in [0.25, 0.3) is 0 Å². The van der Waals surface area contributed by atoms with Gasteiger partial charge >= 0.3 is 0 Å². The largest absolute Gasteiger partial charge is 0.395 e. The molecule has 102 valence electrons. The highest BCUT2D eigenvalue weighted by Gasteiger charge is 2.12. The van der Waals surface area contributed by atoms with Gasteiger partial charge in [0.25, 0.3) is 0 Å². The van der Waals surface area contributed by atoms with Gasteiger partial charge in [0.15, 0.2) is 0 Å². The van der Waals surface area contributed by atoms with Gasteiger partial charge in [0, 0.05) is 0 Å². The number of aliphatic hydroxyl groups is 2. The molecular formula is C15H25NO2. The lowest BCUT2D eigenvalue weighted by Crippen LogP contribution is -2.36. The van der Waals surface area contributed by atoms with E-state index in [9.17, 15) is 0 Å². The average molecular weight is 251 g/mol. The molecule has 18 heavy (non-hydrogen) atoms. The first-order chi connectivity index (χ1) is 8.47. The van der Waals surface area contributed by atoms with Gasteiger partial charge in [-0.3, -0.25) is 0 Å². The Hall–Kier alpha value is -0.900. The predicted octanol–water partition coefficient (Wildman–Crippen LogP) is 1.47. The van der Waals surface area contributed by atoms with Crippen molar-refractivity contribution in [3.8, 4) is 0 Å². The van der Waals surface area contributed by atoms with Crippen LogP contribution in [0.1, 0.15) is 31.9 Å². The van der Waals surface area contributed by atoms with E-state index < -0.39 is 0 Å². The summed E-state index contributed by atoms with van der Waals surface area (Å²) in [4.78, 5) is 0. The van der Waals surface area contributed by atoms with Gasteiger partial charge in [-0.1, -0.05) is 45.0 Å². The lowest BCUT2D eigenvalue weighted by Gasteiger charge is -2.19. The van der Waals surface area contributed by atoms with Crippen LogP contribution >= 0.6 is 0 Å². The van der Waals surface area contributed by atoms with Crippen LogP contribution in [0.15, 0.2) is 24.3 Å². The zero-order chi connectivity index (χ0) is 13.6. The molecule has 1 rings (SSSR count). The van der Waals surface area contributed by atoms with Gasteiger partial charge in [0.1, 0.15) is 0 Å². The molecule has 0 aliphatic rings. The van der Waals surface area contributed by atoms with Crippen molar-refractivity contribution in [3.05, 3.63) is 35.4 Å². The highest BCUT2D eigenvalue weighted by molar-refractivity contribution is 5.27. The van der Waals surface area contributed by atoms with Gasteiger partial charge in [0.2, 0.25) is 0 Å². The molecule has 0 aromatic heterocycles. The molecule has 0 spiro atoms. The molecular weight excluding hydrogens is 226 g/mol. The minimum absolute atomic E-state index is 0.0283. The van der Waals surface area contributed by atoms with Gasteiger partial charge in [0.05, 0.1) is 19.3 Å². The van der Waals surface area contributed by atoms with Gasteiger partial charge < -0.3 is 15.5 Å². The molecule has 1 aromatic carbocycles. The van der Waals surface area contributed by atoms with Crippen molar-refractivity contribution in [1.29, 1.82) is 0 Å². The molecule has 0 saturated carbocycles. The second-order valence-corrected chi connectivity index (χ2v) is 5.71. The van der Waals surface area contributed by atoms with Gasteiger partial charge in [-0.2, -0.15) is 0 Å². The fourth-order valence-corrected chi connectivity index (χ4v) is 1.78. The van der Waals surface area contributed by atoms with E-state index in [0.717, 1.165) is 13.0 Å². The third-order valence-electron chi connectivity index (χ3n) is 3.11. The molecule has 1 aromatic rings. The molecule has 3 N–H and O–H groups in total. The summed E-state index contributed by atoms with van der Waals surface area (Å²) in [5, 5.41) is 21.0. The highest BCUT2D eigenvalue weighted by Crippen LogP contribution is 2.22. The standard InChI is InChI=1S/C15H25NO2/c1-15(2,3)13-6-4-12(5-7-13)8-9-16-14(10-17)11-18/h4-7,14,16-18H,8-11H2,1-3H3. The summed E-state index contributed by atoms with van der Waals surface area (Å²) in [5.74, 6) is 0. The zero-order valence-electron chi connectivity index (χ0n) is 11.6. The molecule has 0 aliphatic heterocycles. The van der Waals surface area contributed by atoms with Crippen molar-refractivity contribution in [1.82, 2.24) is 5.32 Å². The van der Waals surface area contributed by atoms with Crippen molar-refractivity contribution in [2.24, 2.45) is 0 Å². The van der Waals surface area contributed by atoms with E-state index >= 15 is 0 Å². The van der Waals surface area contributed by atoms with E-state index in [1.807, 2.05) is 0 Å². The predicted molar refractivity (Wildman–Crippen MR) is 74.8 cm³/mol. The van der Waals surface area contributed by atoms with Gasteiger partial charge in [-0.25, -0.2) is 0 Å². The average Bonchev–Trinajstić information content (AvgIpc) is 2.34. The Morgan fingerprint density at radius 3 is 2.06 bits per heavy atom. The molecule has 0 saturated heterocycles. The van der Waals surface area contributed by atoms with Crippen molar-refractivity contribution in [2.45, 2.75) is 38.6 Å². The summed E-state index contributed by atoms with van der Waals surface area (Å²) in [7, 11) is 0. The second kappa shape index (κ2) is 6.88. The van der Waals surface area contributed by atoms with Crippen molar-refractivity contribution >= 4 is 0 Å². The Morgan fingerprint density at radius 1 is 1.06 bits per heavy atom. The van der Waals surface area contributed by atoms with E-state index in [0.29, 0.717) is 0 Å². The molecule has 0 fully saturated rings. The van der Waals surface area contributed by atoms with E-state index in [1.165, 1.54) is 11.1 Å². The normalized spacial score (nSPS) is 12.1. The Bertz CT molecular complexity index is 337. The summed E-state index contributed by atoms with van der Waals surface area (Å²) in [6.07, 6.45) is 0.904. The van der Waals surface area contributed by atoms with Crippen LogP contribution in [0.4, 0.5) is 0 Å². The van der Waals surface area contributed by atoms with E-state index in [4.69, 9.17) is 10.2 Å². The summed E-state index contributed by atoms with van der Waals surface area (Å²) >= 11 is 0. The quantitative estimate of drug-likeness (QED) is 0.717. The Balaban J connectivity index is 2.45. The van der Waals surface area contributed by atoms with Crippen LogP contribution in [-0.2, 0) is 11.8 Å². The number of rotatable bonds is 6. The Kier molecular flexibility index (Phi) is 5.79. The monoisotopic (exact) mass is 251 g/mol. The van der Waals surface area contributed by atoms with E-state index in [-0.39, 0.29) is 24.7 Å². The van der Waals surface area contributed by atoms with Crippen LogP contribution in [-0.4, -0.2) is 36.0 Å². The minimum Gasteiger partial charge on any atom is -0.395 e. The van der Waals surface area contributed by atoms with Crippen LogP contribution in [0.5, 0.6) is 0 Å². The number of aliphatic hydroxyl groups excluding tert-OH is 2. The number of nitrogens with one attached hydrogen (secondary N) is 1. The number of benzene rings is 1. The summed E-state index contributed by atoms with van der Waals surface area (Å²) in [6.45, 7) is 7.32. The summed E-state index contributed by atoms with van der Waals surface area (Å²) in [5.41, 5.74) is 2.79. The fourth-order valence-electron chi connectivity index (χ4n) is 1.78. The van der Waals surface area contributed by atoms with Crippen LogP contribution < -0.4 is 5.32 Å². The lowest BCUT2D eigenvalue weighted by atomic mass is 9.86. The first-order valence-corrected chi connectivity index (χ1v) is 6.52. The highest BCUT2D eigenvalue weighted by atomic mass is 16.3. The third-order valence-corrected chi connectivity index (χ3v) is 3.11. The molecule has 0 bridgehead atoms. The Morgan fingerprint density at radius 2 is 1.61 bits per heavy atom. The molecule has 0 unspecified atom stereocenters. The van der Waals surface area contributed by atoms with Crippen LogP contribution in [0.2, 0.25) is 0 Å². The topological polar surface area (TPSA) is 52.5 Å². The first kappa shape index (κ1) is 15.2. The molecule has 0 heterocycles. The number of hydrogen-bond acceptors (Lipinski definition) is 3. The third kappa shape index (κ3) is 4.77. The lowest BCUT2D eigenvalue weighted by molar-refractivity contribution is 0.171. The second-order valence-electron chi connectivity index (χ2n) is 5.71. The van der Waals surface area contributed by atoms with Crippen LogP contribution in [0, 0.1) is 0 Å². The fraction of sp³-hybridized carbons (Fsp3) is 0.600. The summed E-state index contributed by atoms with van der Waals surface area (Å²) < 4.78 is 0. The SMILES string of the molecule is CC(C)(C)c1ccc(CCNC(CO)CO)cc1. The first-order valence-electron chi connectivity index (χ1n) is 6.52. The summed E-state index contributed by atoms with van der Waals surface area (Å²) in [6, 6.07) is 8.43. The molecule has 0 atom stereocenters. The maximum absolute atomic E-state index is 8.93. The van der Waals surface area contributed by atoms with Gasteiger partial charge in [-0.15, -0.1) is 0 Å². The Labute approximate surface area is 110 Å². The maximum Gasteiger partial charge on any atom is 0.0607 e. The van der Waals surface area contributed by atoms with E-state index in [1.54, 1.807) is 0 Å². The maximum atomic E-state index is 8.93. The number of hydrogen-bond donors (Lipinski definition) is 3. The van der Waals surface area contributed by atoms with Crippen molar-refractivity contribution in [2.75, 3.05) is 19.8 Å². The van der Waals surface area contributed by atoms with E-state index in [2.05, 4.69) is 50.4 Å². The zero-order valence-corrected chi connectivity index (χ0v) is 11.6. The molecule has 0 radical (unpaired) electrons. The van der Waals surface area contributed by atoms with Crippen molar-refractivity contribution < 1.29 is 10.2 Å². The molecule has 0 amide bonds. The molecule has 0 aliphatic carbocycles. The minimum atomic E-state index is -0.209. The van der Waals surface area contributed by atoms with Gasteiger partial charge in [-0.05, 0) is 29.5 Å².